The standard InChI is InChI=1S/C21H22N2/c1-15(2)16-9-11-17(12-10-16)21-20-8-5-13-23(20)19-7-4-3-6-18(19)14-22-21/h3-13,15,21-22H,14H2,1-2H3/t21-/m1/s1. The Kier molecular flexibility index (Phi) is 3.55. The first kappa shape index (κ1) is 14.3. The second kappa shape index (κ2) is 5.71. The van der Waals surface area contributed by atoms with Crippen LogP contribution in [0.1, 0.15) is 48.2 Å². The number of rotatable bonds is 2. The fourth-order valence-corrected chi connectivity index (χ4v) is 3.42. The Balaban J connectivity index is 1.77. The lowest BCUT2D eigenvalue weighted by Crippen LogP contribution is -2.21. The molecule has 1 aliphatic rings. The summed E-state index contributed by atoms with van der Waals surface area (Å²) in [5.74, 6) is 0.569. The Morgan fingerprint density at radius 1 is 0.957 bits per heavy atom. The molecule has 0 fully saturated rings. The van der Waals surface area contributed by atoms with Crippen LogP contribution in [0.15, 0.2) is 66.9 Å². The highest BCUT2D eigenvalue weighted by Crippen LogP contribution is 2.30. The van der Waals surface area contributed by atoms with Crippen molar-refractivity contribution < 1.29 is 0 Å². The van der Waals surface area contributed by atoms with Gasteiger partial charge in [0.05, 0.1) is 6.04 Å². The number of hydrogen-bond donors (Lipinski definition) is 1. The van der Waals surface area contributed by atoms with Gasteiger partial charge in [-0.05, 0) is 40.8 Å². The zero-order chi connectivity index (χ0) is 15.8. The zero-order valence-electron chi connectivity index (χ0n) is 13.7. The maximum absolute atomic E-state index is 3.72. The number of hydrogen-bond acceptors (Lipinski definition) is 1. The van der Waals surface area contributed by atoms with Crippen LogP contribution in [0.25, 0.3) is 5.69 Å². The van der Waals surface area contributed by atoms with E-state index in [9.17, 15) is 0 Å². The Bertz CT molecular complexity index is 812. The van der Waals surface area contributed by atoms with Crippen molar-refractivity contribution >= 4 is 0 Å². The van der Waals surface area contributed by atoms with Crippen molar-refractivity contribution in [1.29, 1.82) is 0 Å². The Hall–Kier alpha value is -2.32. The van der Waals surface area contributed by atoms with Gasteiger partial charge in [-0.25, -0.2) is 0 Å². The van der Waals surface area contributed by atoms with Gasteiger partial charge in [-0.2, -0.15) is 0 Å². The van der Waals surface area contributed by atoms with E-state index in [-0.39, 0.29) is 6.04 Å². The van der Waals surface area contributed by atoms with Crippen LogP contribution in [0.5, 0.6) is 0 Å². The van der Waals surface area contributed by atoms with Gasteiger partial charge >= 0.3 is 0 Å². The van der Waals surface area contributed by atoms with Crippen molar-refractivity contribution in [3.8, 4) is 5.69 Å². The molecule has 0 saturated heterocycles. The maximum atomic E-state index is 3.72. The van der Waals surface area contributed by atoms with E-state index in [4.69, 9.17) is 0 Å². The molecular formula is C21H22N2. The summed E-state index contributed by atoms with van der Waals surface area (Å²) in [6.07, 6.45) is 2.16. The van der Waals surface area contributed by atoms with Gasteiger partial charge in [0, 0.05) is 24.1 Å². The van der Waals surface area contributed by atoms with Gasteiger partial charge in [-0.15, -0.1) is 0 Å². The first-order valence-electron chi connectivity index (χ1n) is 8.33. The number of benzene rings is 2. The van der Waals surface area contributed by atoms with Crippen molar-refractivity contribution in [2.75, 3.05) is 0 Å². The maximum Gasteiger partial charge on any atom is 0.0737 e. The van der Waals surface area contributed by atoms with E-state index in [0.29, 0.717) is 5.92 Å². The largest absolute Gasteiger partial charge is 0.319 e. The van der Waals surface area contributed by atoms with E-state index in [2.05, 4.69) is 90.6 Å². The van der Waals surface area contributed by atoms with Crippen molar-refractivity contribution in [3.05, 3.63) is 89.2 Å². The third-order valence-electron chi connectivity index (χ3n) is 4.76. The molecule has 1 N–H and O–H groups in total. The number of aromatic nitrogens is 1. The minimum atomic E-state index is 0.221. The van der Waals surface area contributed by atoms with Gasteiger partial charge in [0.2, 0.25) is 0 Å². The van der Waals surface area contributed by atoms with Gasteiger partial charge in [-0.3, -0.25) is 0 Å². The third-order valence-corrected chi connectivity index (χ3v) is 4.76. The summed E-state index contributed by atoms with van der Waals surface area (Å²) in [5, 5.41) is 3.72. The second-order valence-electron chi connectivity index (χ2n) is 6.57. The zero-order valence-corrected chi connectivity index (χ0v) is 13.7. The summed E-state index contributed by atoms with van der Waals surface area (Å²) in [6, 6.07) is 22.2. The van der Waals surface area contributed by atoms with E-state index < -0.39 is 0 Å². The smallest absolute Gasteiger partial charge is 0.0737 e. The van der Waals surface area contributed by atoms with Gasteiger partial charge in [0.25, 0.3) is 0 Å². The van der Waals surface area contributed by atoms with Gasteiger partial charge in [-0.1, -0.05) is 56.3 Å². The predicted octanol–water partition coefficient (Wildman–Crippen LogP) is 4.79. The molecular weight excluding hydrogens is 280 g/mol. The Labute approximate surface area is 137 Å². The van der Waals surface area contributed by atoms with Crippen LogP contribution in [0.4, 0.5) is 0 Å². The van der Waals surface area contributed by atoms with E-state index >= 15 is 0 Å². The average Bonchev–Trinajstić information content (AvgIpc) is 2.99. The molecule has 3 aromatic rings. The quantitative estimate of drug-likeness (QED) is 0.720. The third kappa shape index (κ3) is 2.49. The van der Waals surface area contributed by atoms with Crippen LogP contribution in [-0.2, 0) is 6.54 Å². The van der Waals surface area contributed by atoms with Crippen LogP contribution in [0.3, 0.4) is 0 Å². The van der Waals surface area contributed by atoms with E-state index in [1.165, 1.54) is 28.1 Å². The molecule has 1 aromatic heterocycles. The van der Waals surface area contributed by atoms with E-state index in [1.54, 1.807) is 0 Å². The summed E-state index contributed by atoms with van der Waals surface area (Å²) < 4.78 is 2.32. The normalized spacial score (nSPS) is 16.7. The van der Waals surface area contributed by atoms with E-state index in [1.807, 2.05) is 0 Å². The van der Waals surface area contributed by atoms with Gasteiger partial charge in [0.1, 0.15) is 0 Å². The fraction of sp³-hybridized carbons (Fsp3) is 0.238. The molecule has 0 saturated carbocycles. The van der Waals surface area contributed by atoms with Crippen LogP contribution in [-0.4, -0.2) is 4.57 Å². The summed E-state index contributed by atoms with van der Waals surface area (Å²) in [5.41, 5.74) is 6.63. The van der Waals surface area contributed by atoms with Crippen molar-refractivity contribution in [2.45, 2.75) is 32.4 Å². The molecule has 0 spiro atoms. The van der Waals surface area contributed by atoms with Crippen LogP contribution >= 0.6 is 0 Å². The molecule has 2 aromatic carbocycles. The van der Waals surface area contributed by atoms with E-state index in [0.717, 1.165) is 6.54 Å². The predicted molar refractivity (Wildman–Crippen MR) is 95.0 cm³/mol. The molecule has 2 heterocycles. The molecule has 0 bridgehead atoms. The molecule has 1 aliphatic heterocycles. The van der Waals surface area contributed by atoms with Crippen LogP contribution in [0, 0.1) is 0 Å². The van der Waals surface area contributed by atoms with Crippen molar-refractivity contribution in [1.82, 2.24) is 9.88 Å². The first-order valence-corrected chi connectivity index (χ1v) is 8.33. The molecule has 0 unspecified atom stereocenters. The first-order chi connectivity index (χ1) is 11.2. The molecule has 2 nitrogen and oxygen atoms in total. The minimum absolute atomic E-state index is 0.221. The highest BCUT2D eigenvalue weighted by molar-refractivity contribution is 5.47. The van der Waals surface area contributed by atoms with Crippen molar-refractivity contribution in [2.24, 2.45) is 0 Å². The highest BCUT2D eigenvalue weighted by atomic mass is 15.1. The molecule has 23 heavy (non-hydrogen) atoms. The summed E-state index contributed by atoms with van der Waals surface area (Å²) in [6.45, 7) is 5.36. The Morgan fingerprint density at radius 2 is 1.74 bits per heavy atom. The van der Waals surface area contributed by atoms with Gasteiger partial charge < -0.3 is 9.88 Å². The Morgan fingerprint density at radius 3 is 2.52 bits per heavy atom. The van der Waals surface area contributed by atoms with Crippen LogP contribution < -0.4 is 5.32 Å². The summed E-state index contributed by atoms with van der Waals surface area (Å²) in [4.78, 5) is 0. The van der Waals surface area contributed by atoms with Gasteiger partial charge in [0.15, 0.2) is 0 Å². The number of nitrogens with zero attached hydrogens (tertiary/aromatic N) is 1. The molecule has 1 atom stereocenters. The lowest BCUT2D eigenvalue weighted by atomic mass is 9.98. The fourth-order valence-electron chi connectivity index (χ4n) is 3.42. The lowest BCUT2D eigenvalue weighted by molar-refractivity contribution is 0.600. The molecule has 4 rings (SSSR count). The number of nitrogens with one attached hydrogen (secondary N) is 1. The minimum Gasteiger partial charge on any atom is -0.319 e. The molecule has 0 radical (unpaired) electrons. The monoisotopic (exact) mass is 302 g/mol. The number of fused-ring (bicyclic) bond motifs is 3. The molecule has 2 heteroatoms. The lowest BCUT2D eigenvalue weighted by Gasteiger charge is -2.19. The summed E-state index contributed by atoms with van der Waals surface area (Å²) >= 11 is 0. The van der Waals surface area contributed by atoms with Crippen LogP contribution in [0.2, 0.25) is 0 Å². The average molecular weight is 302 g/mol. The SMILES string of the molecule is CC(C)c1ccc([C@H]2NCc3ccccc3-n3cccc32)cc1. The second-order valence-corrected chi connectivity index (χ2v) is 6.57. The molecule has 116 valence electrons. The molecule has 0 aliphatic carbocycles. The number of para-hydroxylation sites is 1. The molecule has 0 amide bonds. The highest BCUT2D eigenvalue weighted by Gasteiger charge is 2.22. The van der Waals surface area contributed by atoms with Crippen molar-refractivity contribution in [3.63, 3.8) is 0 Å². The topological polar surface area (TPSA) is 17.0 Å². The summed E-state index contributed by atoms with van der Waals surface area (Å²) in [7, 11) is 0.